The van der Waals surface area contributed by atoms with Crippen LogP contribution < -0.4 is 10.1 Å². The average Bonchev–Trinajstić information content (AvgIpc) is 2.71. The van der Waals surface area contributed by atoms with Crippen LogP contribution in [0.3, 0.4) is 0 Å². The van der Waals surface area contributed by atoms with E-state index in [4.69, 9.17) is 4.74 Å². The highest BCUT2D eigenvalue weighted by Gasteiger charge is 2.41. The number of dihydropyridines is 1. The Bertz CT molecular complexity index is 1070. The molecule has 1 atom stereocenters. The van der Waals surface area contributed by atoms with Crippen molar-refractivity contribution in [2.75, 3.05) is 0 Å². The van der Waals surface area contributed by atoms with Crippen LogP contribution in [0.25, 0.3) is 0 Å². The van der Waals surface area contributed by atoms with Crippen molar-refractivity contribution in [1.82, 2.24) is 5.32 Å². The number of Topliss-reactive ketones (excluding diaryl/α,β-unsaturated/α-hetero) is 1. The third-order valence-corrected chi connectivity index (χ3v) is 5.82. The number of hydrogen-bond donors (Lipinski definition) is 1. The van der Waals surface area contributed by atoms with Crippen molar-refractivity contribution in [3.8, 4) is 11.8 Å². The van der Waals surface area contributed by atoms with Gasteiger partial charge in [-0.2, -0.15) is 5.26 Å². The normalized spacial score (nSPS) is 20.3. The number of ether oxygens (including phenoxy) is 1. The molecule has 0 saturated heterocycles. The number of hydrogen-bond acceptors (Lipinski definition) is 4. The van der Waals surface area contributed by atoms with Crippen molar-refractivity contribution in [2.45, 2.75) is 46.1 Å². The van der Waals surface area contributed by atoms with Crippen molar-refractivity contribution in [3.63, 3.8) is 0 Å². The minimum Gasteiger partial charge on any atom is -0.489 e. The van der Waals surface area contributed by atoms with Gasteiger partial charge in [0.25, 0.3) is 0 Å². The predicted molar refractivity (Wildman–Crippen MR) is 116 cm³/mol. The highest BCUT2D eigenvalue weighted by atomic mass is 16.5. The molecule has 0 amide bonds. The number of nitrogens with zero attached hydrogens (tertiary/aromatic N) is 1. The Morgan fingerprint density at radius 1 is 1.10 bits per heavy atom. The van der Waals surface area contributed by atoms with Gasteiger partial charge >= 0.3 is 0 Å². The molecule has 4 nitrogen and oxygen atoms in total. The first-order chi connectivity index (χ1) is 14.4. The van der Waals surface area contributed by atoms with Gasteiger partial charge in [0.15, 0.2) is 5.78 Å². The molecule has 152 valence electrons. The molecule has 0 radical (unpaired) electrons. The number of rotatable bonds is 4. The lowest BCUT2D eigenvalue weighted by atomic mass is 9.69. The molecule has 1 N–H and O–H groups in total. The van der Waals surface area contributed by atoms with E-state index in [0.29, 0.717) is 18.6 Å². The van der Waals surface area contributed by atoms with E-state index >= 15 is 0 Å². The van der Waals surface area contributed by atoms with Gasteiger partial charge in [0, 0.05) is 23.4 Å². The van der Waals surface area contributed by atoms with Crippen LogP contribution in [0.1, 0.15) is 50.7 Å². The molecule has 0 aromatic heterocycles. The standard InChI is InChI=1S/C26H26N2O2/c1-17-21(15-27)24(25-22(28-17)13-26(2,3)14-23(25)29)19-9-11-20(12-10-19)30-16-18-7-5-4-6-8-18/h4-12,24,28H,13-14,16H2,1-3H3/t24-/m0/s1. The molecule has 1 aliphatic carbocycles. The summed E-state index contributed by atoms with van der Waals surface area (Å²) in [5.74, 6) is 0.572. The molecule has 0 unspecified atom stereocenters. The van der Waals surface area contributed by atoms with E-state index in [1.54, 1.807) is 0 Å². The summed E-state index contributed by atoms with van der Waals surface area (Å²) >= 11 is 0. The maximum Gasteiger partial charge on any atom is 0.162 e. The summed E-state index contributed by atoms with van der Waals surface area (Å²) < 4.78 is 5.90. The Labute approximate surface area is 177 Å². The number of nitrogens with one attached hydrogen (secondary N) is 1. The molecule has 4 heteroatoms. The zero-order chi connectivity index (χ0) is 21.3. The Morgan fingerprint density at radius 2 is 1.80 bits per heavy atom. The first kappa shape index (κ1) is 20.0. The summed E-state index contributed by atoms with van der Waals surface area (Å²) in [6, 6.07) is 20.1. The minimum atomic E-state index is -0.321. The lowest BCUT2D eigenvalue weighted by Gasteiger charge is -2.38. The summed E-state index contributed by atoms with van der Waals surface area (Å²) in [5.41, 5.74) is 5.12. The number of benzene rings is 2. The molecule has 30 heavy (non-hydrogen) atoms. The number of ketones is 1. The van der Waals surface area contributed by atoms with Crippen molar-refractivity contribution in [3.05, 3.63) is 88.3 Å². The number of nitriles is 1. The Kier molecular flexibility index (Phi) is 5.22. The second-order valence-corrected chi connectivity index (χ2v) is 8.88. The van der Waals surface area contributed by atoms with Gasteiger partial charge < -0.3 is 10.1 Å². The van der Waals surface area contributed by atoms with E-state index in [-0.39, 0.29) is 17.1 Å². The molecule has 0 fully saturated rings. The lowest BCUT2D eigenvalue weighted by molar-refractivity contribution is -0.118. The quantitative estimate of drug-likeness (QED) is 0.750. The second kappa shape index (κ2) is 7.84. The molecule has 0 saturated carbocycles. The van der Waals surface area contributed by atoms with Gasteiger partial charge in [-0.3, -0.25) is 4.79 Å². The zero-order valence-electron chi connectivity index (χ0n) is 17.7. The lowest BCUT2D eigenvalue weighted by Crippen LogP contribution is -2.36. The van der Waals surface area contributed by atoms with Crippen LogP contribution in [-0.2, 0) is 11.4 Å². The molecule has 2 aliphatic rings. The molecule has 2 aromatic rings. The summed E-state index contributed by atoms with van der Waals surface area (Å²) in [4.78, 5) is 13.1. The highest BCUT2D eigenvalue weighted by molar-refractivity contribution is 6.00. The van der Waals surface area contributed by atoms with Gasteiger partial charge in [-0.25, -0.2) is 0 Å². The largest absolute Gasteiger partial charge is 0.489 e. The van der Waals surface area contributed by atoms with Crippen LogP contribution in [0.5, 0.6) is 5.75 Å². The molecule has 4 rings (SSSR count). The van der Waals surface area contributed by atoms with E-state index in [0.717, 1.165) is 40.3 Å². The van der Waals surface area contributed by atoms with Crippen LogP contribution in [-0.4, -0.2) is 5.78 Å². The van der Waals surface area contributed by atoms with Crippen LogP contribution >= 0.6 is 0 Å². The molecule has 0 bridgehead atoms. The van der Waals surface area contributed by atoms with Gasteiger partial charge in [0.2, 0.25) is 0 Å². The van der Waals surface area contributed by atoms with Gasteiger partial charge in [-0.15, -0.1) is 0 Å². The van der Waals surface area contributed by atoms with Crippen LogP contribution in [0, 0.1) is 16.7 Å². The maximum atomic E-state index is 13.1. The van der Waals surface area contributed by atoms with Crippen molar-refractivity contribution >= 4 is 5.78 Å². The first-order valence-corrected chi connectivity index (χ1v) is 10.3. The van der Waals surface area contributed by atoms with Gasteiger partial charge in [0.05, 0.1) is 17.6 Å². The summed E-state index contributed by atoms with van der Waals surface area (Å²) in [6.45, 7) is 6.64. The topological polar surface area (TPSA) is 62.1 Å². The Hall–Kier alpha value is -3.32. The van der Waals surface area contributed by atoms with E-state index in [1.165, 1.54) is 0 Å². The SMILES string of the molecule is CC1=C(C#N)[C@H](c2ccc(OCc3ccccc3)cc2)C2=C(CC(C)(C)CC2=O)N1. The third-order valence-electron chi connectivity index (χ3n) is 5.82. The van der Waals surface area contributed by atoms with Crippen molar-refractivity contribution in [2.24, 2.45) is 5.41 Å². The molecular weight excluding hydrogens is 372 g/mol. The van der Waals surface area contributed by atoms with E-state index in [9.17, 15) is 10.1 Å². The van der Waals surface area contributed by atoms with E-state index < -0.39 is 0 Å². The van der Waals surface area contributed by atoms with Gasteiger partial charge in [-0.05, 0) is 42.0 Å². The molecule has 2 aromatic carbocycles. The van der Waals surface area contributed by atoms with E-state index in [2.05, 4.69) is 25.2 Å². The molecule has 1 heterocycles. The summed E-state index contributed by atoms with van der Waals surface area (Å²) in [6.07, 6.45) is 1.30. The Morgan fingerprint density at radius 3 is 2.47 bits per heavy atom. The van der Waals surface area contributed by atoms with Crippen molar-refractivity contribution in [1.29, 1.82) is 5.26 Å². The fourth-order valence-electron chi connectivity index (χ4n) is 4.41. The van der Waals surface area contributed by atoms with Crippen LogP contribution in [0.2, 0.25) is 0 Å². The average molecular weight is 399 g/mol. The van der Waals surface area contributed by atoms with Crippen molar-refractivity contribution < 1.29 is 9.53 Å². The van der Waals surface area contributed by atoms with Gasteiger partial charge in [-0.1, -0.05) is 56.3 Å². The fourth-order valence-corrected chi connectivity index (χ4v) is 4.41. The Balaban J connectivity index is 1.63. The second-order valence-electron chi connectivity index (χ2n) is 8.88. The molecular formula is C26H26N2O2. The van der Waals surface area contributed by atoms with E-state index in [1.807, 2.05) is 61.5 Å². The van der Waals surface area contributed by atoms with Gasteiger partial charge in [0.1, 0.15) is 12.4 Å². The third kappa shape index (κ3) is 3.89. The predicted octanol–water partition coefficient (Wildman–Crippen LogP) is 5.39. The number of carbonyl (C=O) groups is 1. The molecule has 1 aliphatic heterocycles. The summed E-state index contributed by atoms with van der Waals surface area (Å²) in [5, 5.41) is 13.2. The first-order valence-electron chi connectivity index (χ1n) is 10.3. The highest BCUT2D eigenvalue weighted by Crippen LogP contribution is 2.46. The molecule has 0 spiro atoms. The van der Waals surface area contributed by atoms with Crippen LogP contribution in [0.4, 0.5) is 0 Å². The van der Waals surface area contributed by atoms with Crippen LogP contribution in [0.15, 0.2) is 77.1 Å². The zero-order valence-corrected chi connectivity index (χ0v) is 17.7. The number of allylic oxidation sites excluding steroid dienone is 4. The maximum absolute atomic E-state index is 13.1. The minimum absolute atomic E-state index is 0.0764. The number of carbonyl (C=O) groups excluding carboxylic acids is 1. The summed E-state index contributed by atoms with van der Waals surface area (Å²) in [7, 11) is 0. The fraction of sp³-hybridized carbons (Fsp3) is 0.308. The smallest absolute Gasteiger partial charge is 0.162 e. The monoisotopic (exact) mass is 398 g/mol.